The number of amides is 1. The van der Waals surface area contributed by atoms with E-state index in [1.165, 1.54) is 12.5 Å². The van der Waals surface area contributed by atoms with Crippen LogP contribution in [-0.2, 0) is 11.2 Å². The zero-order chi connectivity index (χ0) is 19.9. The number of rotatable bonds is 7. The Balaban J connectivity index is 1.71. The number of carbonyl (C=O) groups is 1. The highest BCUT2D eigenvalue weighted by atomic mass is 16.1. The van der Waals surface area contributed by atoms with E-state index in [4.69, 9.17) is 0 Å². The van der Waals surface area contributed by atoms with E-state index in [9.17, 15) is 4.79 Å². The summed E-state index contributed by atoms with van der Waals surface area (Å²) in [5, 5.41) is 5.99. The molecule has 0 aliphatic carbocycles. The van der Waals surface area contributed by atoms with Crippen molar-refractivity contribution in [2.75, 3.05) is 29.1 Å². The molecule has 28 heavy (non-hydrogen) atoms. The molecule has 3 rings (SSSR count). The van der Waals surface area contributed by atoms with Crippen molar-refractivity contribution in [3.63, 3.8) is 0 Å². The molecule has 2 heterocycles. The third-order valence-electron chi connectivity index (χ3n) is 4.16. The van der Waals surface area contributed by atoms with Gasteiger partial charge >= 0.3 is 0 Å². The molecule has 2 N–H and O–H groups in total. The van der Waals surface area contributed by atoms with Crippen molar-refractivity contribution < 1.29 is 4.79 Å². The first-order valence-electron chi connectivity index (χ1n) is 9.10. The molecular weight excluding hydrogens is 352 g/mol. The highest BCUT2D eigenvalue weighted by Gasteiger charge is 2.08. The Morgan fingerprint density at radius 1 is 1.07 bits per heavy atom. The highest BCUT2D eigenvalue weighted by Crippen LogP contribution is 2.20. The topological polar surface area (TPSA) is 83.0 Å². The third kappa shape index (κ3) is 5.51. The summed E-state index contributed by atoms with van der Waals surface area (Å²) in [4.78, 5) is 26.5. The van der Waals surface area contributed by atoms with E-state index >= 15 is 0 Å². The molecule has 0 unspecified atom stereocenters. The number of likely N-dealkylation sites (N-methyl/N-ethyl adjacent to an activating group) is 1. The predicted molar refractivity (Wildman–Crippen MR) is 112 cm³/mol. The van der Waals surface area contributed by atoms with Crippen molar-refractivity contribution in [1.82, 2.24) is 15.0 Å². The molecule has 0 spiro atoms. The molecule has 0 aliphatic heterocycles. The van der Waals surface area contributed by atoms with Crippen LogP contribution >= 0.6 is 0 Å². The van der Waals surface area contributed by atoms with Gasteiger partial charge < -0.3 is 15.5 Å². The van der Waals surface area contributed by atoms with E-state index in [0.29, 0.717) is 5.95 Å². The molecule has 0 bridgehead atoms. The first-order chi connectivity index (χ1) is 13.5. The van der Waals surface area contributed by atoms with Crippen LogP contribution in [0.15, 0.2) is 54.9 Å². The van der Waals surface area contributed by atoms with E-state index in [2.05, 4.69) is 30.5 Å². The van der Waals surface area contributed by atoms with Crippen LogP contribution in [0.25, 0.3) is 0 Å². The second-order valence-corrected chi connectivity index (χ2v) is 6.61. The Bertz CT molecular complexity index is 945. The van der Waals surface area contributed by atoms with Crippen molar-refractivity contribution in [3.8, 4) is 0 Å². The number of aryl methyl sites for hydroxylation is 1. The molecular formula is C21H24N6O. The summed E-state index contributed by atoms with van der Waals surface area (Å²) in [6.07, 6.45) is 4.52. The van der Waals surface area contributed by atoms with Crippen molar-refractivity contribution in [3.05, 3.63) is 66.1 Å². The van der Waals surface area contributed by atoms with Gasteiger partial charge in [0.25, 0.3) is 0 Å². The number of hydrogen-bond acceptors (Lipinski definition) is 6. The monoisotopic (exact) mass is 376 g/mol. The second kappa shape index (κ2) is 8.94. The van der Waals surface area contributed by atoms with Gasteiger partial charge in [0.15, 0.2) is 0 Å². The number of aromatic nitrogens is 3. The molecule has 1 aromatic carbocycles. The lowest BCUT2D eigenvalue weighted by Gasteiger charge is -2.19. The molecule has 144 valence electrons. The van der Waals surface area contributed by atoms with Crippen molar-refractivity contribution in [2.45, 2.75) is 20.3 Å². The Morgan fingerprint density at radius 2 is 1.82 bits per heavy atom. The zero-order valence-corrected chi connectivity index (χ0v) is 16.3. The smallest absolute Gasteiger partial charge is 0.229 e. The van der Waals surface area contributed by atoms with Crippen LogP contribution in [0.5, 0.6) is 0 Å². The van der Waals surface area contributed by atoms with Crippen LogP contribution in [-0.4, -0.2) is 34.5 Å². The Labute approximate surface area is 164 Å². The quantitative estimate of drug-likeness (QED) is 0.656. The van der Waals surface area contributed by atoms with Gasteiger partial charge in [-0.2, -0.15) is 4.98 Å². The third-order valence-corrected chi connectivity index (χ3v) is 4.16. The Morgan fingerprint density at radius 3 is 2.57 bits per heavy atom. The molecule has 0 saturated carbocycles. The van der Waals surface area contributed by atoms with Crippen LogP contribution in [0, 0.1) is 6.92 Å². The summed E-state index contributed by atoms with van der Waals surface area (Å²) in [7, 11) is 2.02. The van der Waals surface area contributed by atoms with Gasteiger partial charge in [-0.3, -0.25) is 9.78 Å². The minimum Gasteiger partial charge on any atom is -0.359 e. The van der Waals surface area contributed by atoms with Crippen LogP contribution in [0.2, 0.25) is 0 Å². The Kier molecular flexibility index (Phi) is 6.16. The summed E-state index contributed by atoms with van der Waals surface area (Å²) in [6, 6.07) is 13.5. The first kappa shape index (κ1) is 19.3. The Hall–Kier alpha value is -3.48. The fourth-order valence-electron chi connectivity index (χ4n) is 2.77. The summed E-state index contributed by atoms with van der Waals surface area (Å²) < 4.78 is 0. The van der Waals surface area contributed by atoms with Crippen LogP contribution in [0.3, 0.4) is 0 Å². The fourth-order valence-corrected chi connectivity index (χ4v) is 2.77. The molecule has 2 aromatic heterocycles. The number of benzene rings is 1. The number of carbonyl (C=O) groups excluding carboxylic acids is 1. The standard InChI is InChI=1S/C21H24N6O/c1-15-13-20(27(3)12-9-17-7-10-22-11-8-17)26-21(23-15)25-19-6-4-5-18(14-19)24-16(2)28/h4-8,10-11,13-14H,9,12H2,1-3H3,(H,24,28)(H,23,25,26). The molecule has 0 saturated heterocycles. The van der Waals surface area contributed by atoms with Gasteiger partial charge in [-0.05, 0) is 49.2 Å². The van der Waals surface area contributed by atoms with E-state index in [1.54, 1.807) is 12.4 Å². The summed E-state index contributed by atoms with van der Waals surface area (Å²) in [6.45, 7) is 4.26. The fraction of sp³-hybridized carbons (Fsp3) is 0.238. The van der Waals surface area contributed by atoms with E-state index in [-0.39, 0.29) is 5.91 Å². The summed E-state index contributed by atoms with van der Waals surface area (Å²) in [5.74, 6) is 1.26. The molecule has 0 aliphatic rings. The lowest BCUT2D eigenvalue weighted by atomic mass is 10.2. The minimum atomic E-state index is -0.109. The molecule has 1 amide bonds. The number of nitrogens with zero attached hydrogens (tertiary/aromatic N) is 4. The van der Waals surface area contributed by atoms with Crippen LogP contribution in [0.1, 0.15) is 18.2 Å². The molecule has 0 fully saturated rings. The molecule has 7 nitrogen and oxygen atoms in total. The summed E-state index contributed by atoms with van der Waals surface area (Å²) >= 11 is 0. The van der Waals surface area contributed by atoms with E-state index in [0.717, 1.165) is 35.9 Å². The largest absolute Gasteiger partial charge is 0.359 e. The van der Waals surface area contributed by atoms with Gasteiger partial charge in [-0.15, -0.1) is 0 Å². The SMILES string of the molecule is CC(=O)Nc1cccc(Nc2nc(C)cc(N(C)CCc3ccncc3)n2)c1. The normalized spacial score (nSPS) is 10.4. The molecule has 0 radical (unpaired) electrons. The van der Waals surface area contributed by atoms with Crippen molar-refractivity contribution >= 4 is 29.0 Å². The number of nitrogens with one attached hydrogen (secondary N) is 2. The van der Waals surface area contributed by atoms with Crippen LogP contribution < -0.4 is 15.5 Å². The first-order valence-corrected chi connectivity index (χ1v) is 9.10. The molecule has 0 atom stereocenters. The van der Waals surface area contributed by atoms with E-state index in [1.807, 2.05) is 56.4 Å². The highest BCUT2D eigenvalue weighted by molar-refractivity contribution is 5.89. The maximum atomic E-state index is 11.2. The van der Waals surface area contributed by atoms with Crippen molar-refractivity contribution in [2.24, 2.45) is 0 Å². The molecule has 3 aromatic rings. The average Bonchev–Trinajstić information content (AvgIpc) is 2.66. The zero-order valence-electron chi connectivity index (χ0n) is 16.3. The molecule has 7 heteroatoms. The summed E-state index contributed by atoms with van der Waals surface area (Å²) in [5.41, 5.74) is 3.64. The van der Waals surface area contributed by atoms with Gasteiger partial charge in [0, 0.05) is 56.0 Å². The second-order valence-electron chi connectivity index (χ2n) is 6.61. The number of pyridine rings is 1. The maximum absolute atomic E-state index is 11.2. The van der Waals surface area contributed by atoms with Crippen molar-refractivity contribution in [1.29, 1.82) is 0 Å². The van der Waals surface area contributed by atoms with E-state index < -0.39 is 0 Å². The van der Waals surface area contributed by atoms with Gasteiger partial charge in [-0.25, -0.2) is 4.98 Å². The number of anilines is 4. The predicted octanol–water partition coefficient (Wildman–Crippen LogP) is 3.56. The lowest BCUT2D eigenvalue weighted by Crippen LogP contribution is -2.22. The lowest BCUT2D eigenvalue weighted by molar-refractivity contribution is -0.114. The number of hydrogen-bond donors (Lipinski definition) is 2. The van der Waals surface area contributed by atoms with Gasteiger partial charge in [0.05, 0.1) is 0 Å². The minimum absolute atomic E-state index is 0.109. The van der Waals surface area contributed by atoms with Gasteiger partial charge in [0.1, 0.15) is 5.82 Å². The average molecular weight is 376 g/mol. The van der Waals surface area contributed by atoms with Crippen LogP contribution in [0.4, 0.5) is 23.1 Å². The van der Waals surface area contributed by atoms with Gasteiger partial charge in [-0.1, -0.05) is 6.07 Å². The maximum Gasteiger partial charge on any atom is 0.229 e. The van der Waals surface area contributed by atoms with Gasteiger partial charge in [0.2, 0.25) is 11.9 Å².